The van der Waals surface area contributed by atoms with Crippen LogP contribution in [0.4, 0.5) is 5.69 Å². The van der Waals surface area contributed by atoms with Crippen molar-refractivity contribution < 1.29 is 17.9 Å². The second-order valence-corrected chi connectivity index (χ2v) is 7.92. The van der Waals surface area contributed by atoms with E-state index < -0.39 is 9.84 Å². The Morgan fingerprint density at radius 1 is 1.17 bits per heavy atom. The molecule has 5 nitrogen and oxygen atoms in total. The Morgan fingerprint density at radius 2 is 1.87 bits per heavy atom. The molecule has 0 aliphatic rings. The molecule has 23 heavy (non-hydrogen) atoms. The minimum Gasteiger partial charge on any atom is -0.484 e. The van der Waals surface area contributed by atoms with Crippen molar-refractivity contribution in [3.05, 3.63) is 53.0 Å². The Kier molecular flexibility index (Phi) is 5.79. The van der Waals surface area contributed by atoms with Crippen molar-refractivity contribution >= 4 is 37.4 Å². The summed E-state index contributed by atoms with van der Waals surface area (Å²) < 4.78 is 29.7. The zero-order chi connectivity index (χ0) is 16.9. The number of benzene rings is 2. The van der Waals surface area contributed by atoms with Gasteiger partial charge in [-0.1, -0.05) is 28.9 Å². The molecule has 7 heteroatoms. The highest BCUT2D eigenvalue weighted by Crippen LogP contribution is 2.18. The maximum atomic E-state index is 11.8. The topological polar surface area (TPSA) is 72.5 Å². The van der Waals surface area contributed by atoms with E-state index in [1.807, 2.05) is 12.1 Å². The first-order chi connectivity index (χ1) is 10.9. The molecular formula is C16H16BrNO4S. The predicted octanol–water partition coefficient (Wildman–Crippen LogP) is 3.26. The first-order valence-electron chi connectivity index (χ1n) is 6.92. The molecule has 2 aromatic rings. The maximum Gasteiger partial charge on any atom is 0.262 e. The van der Waals surface area contributed by atoms with Gasteiger partial charge in [0.15, 0.2) is 16.4 Å². The van der Waals surface area contributed by atoms with E-state index in [1.165, 1.54) is 12.1 Å². The summed E-state index contributed by atoms with van der Waals surface area (Å²) in [6, 6.07) is 13.2. The summed E-state index contributed by atoms with van der Waals surface area (Å²) in [7, 11) is -3.24. The molecule has 122 valence electrons. The van der Waals surface area contributed by atoms with Gasteiger partial charge in [-0.15, -0.1) is 0 Å². The molecule has 0 saturated heterocycles. The second-order valence-electron chi connectivity index (χ2n) is 4.72. The molecule has 0 atom stereocenters. The molecule has 1 amide bonds. The average Bonchev–Trinajstić information content (AvgIpc) is 2.53. The lowest BCUT2D eigenvalue weighted by atomic mass is 10.3. The highest BCUT2D eigenvalue weighted by Gasteiger charge is 2.11. The smallest absolute Gasteiger partial charge is 0.262 e. The molecule has 0 radical (unpaired) electrons. The van der Waals surface area contributed by atoms with E-state index in [0.717, 1.165) is 4.47 Å². The van der Waals surface area contributed by atoms with Crippen molar-refractivity contribution in [2.75, 3.05) is 17.7 Å². The van der Waals surface area contributed by atoms with Crippen LogP contribution >= 0.6 is 15.9 Å². The Labute approximate surface area is 143 Å². The number of hydrogen-bond acceptors (Lipinski definition) is 4. The van der Waals surface area contributed by atoms with Crippen LogP contribution in [0, 0.1) is 0 Å². The molecule has 0 saturated carbocycles. The summed E-state index contributed by atoms with van der Waals surface area (Å²) in [6.07, 6.45) is 0. The summed E-state index contributed by atoms with van der Waals surface area (Å²) in [5.74, 6) is 0.300. The van der Waals surface area contributed by atoms with Gasteiger partial charge in [-0.3, -0.25) is 4.79 Å². The van der Waals surface area contributed by atoms with E-state index >= 15 is 0 Å². The highest BCUT2D eigenvalue weighted by atomic mass is 79.9. The van der Waals surface area contributed by atoms with Crippen LogP contribution < -0.4 is 10.1 Å². The molecule has 1 N–H and O–H groups in total. The molecule has 2 rings (SSSR count). The molecule has 0 spiro atoms. The standard InChI is InChI=1S/C16H16BrNO4S/c1-2-23(20,21)15-8-6-13(7-9-15)18-16(19)11-22-14-5-3-4-12(17)10-14/h3-10H,2,11H2,1H3,(H,18,19). The van der Waals surface area contributed by atoms with Gasteiger partial charge in [-0.2, -0.15) is 0 Å². The van der Waals surface area contributed by atoms with Crippen LogP contribution in [0.5, 0.6) is 5.75 Å². The fourth-order valence-corrected chi connectivity index (χ4v) is 3.08. The minimum absolute atomic E-state index is 0.0409. The SMILES string of the molecule is CCS(=O)(=O)c1ccc(NC(=O)COc2cccc(Br)c2)cc1. The lowest BCUT2D eigenvalue weighted by molar-refractivity contribution is -0.118. The molecular weight excluding hydrogens is 382 g/mol. The molecule has 0 bridgehead atoms. The van der Waals surface area contributed by atoms with Crippen LogP contribution in [0.3, 0.4) is 0 Å². The predicted molar refractivity (Wildman–Crippen MR) is 92.4 cm³/mol. The Morgan fingerprint density at radius 3 is 2.48 bits per heavy atom. The molecule has 2 aromatic carbocycles. The number of halogens is 1. The largest absolute Gasteiger partial charge is 0.484 e. The van der Waals surface area contributed by atoms with Gasteiger partial charge in [0, 0.05) is 10.2 Å². The van der Waals surface area contributed by atoms with E-state index in [0.29, 0.717) is 11.4 Å². The van der Waals surface area contributed by atoms with Crippen LogP contribution in [-0.2, 0) is 14.6 Å². The summed E-state index contributed by atoms with van der Waals surface area (Å²) in [6.45, 7) is 1.45. The fourth-order valence-electron chi connectivity index (χ4n) is 1.82. The number of carbonyl (C=O) groups is 1. The Bertz CT molecular complexity index is 788. The zero-order valence-corrected chi connectivity index (χ0v) is 14.9. The first kappa shape index (κ1) is 17.5. The lowest BCUT2D eigenvalue weighted by Gasteiger charge is -2.08. The van der Waals surface area contributed by atoms with Gasteiger partial charge in [0.2, 0.25) is 0 Å². The quantitative estimate of drug-likeness (QED) is 0.811. The Balaban J connectivity index is 1.93. The van der Waals surface area contributed by atoms with Crippen LogP contribution in [0.2, 0.25) is 0 Å². The van der Waals surface area contributed by atoms with E-state index in [2.05, 4.69) is 21.2 Å². The van der Waals surface area contributed by atoms with E-state index in [9.17, 15) is 13.2 Å². The van der Waals surface area contributed by atoms with Gasteiger partial charge in [-0.05, 0) is 42.5 Å². The van der Waals surface area contributed by atoms with Gasteiger partial charge < -0.3 is 10.1 Å². The number of sulfone groups is 1. The summed E-state index contributed by atoms with van der Waals surface area (Å²) >= 11 is 3.32. The number of hydrogen-bond donors (Lipinski definition) is 1. The van der Waals surface area contributed by atoms with Crippen LogP contribution in [0.25, 0.3) is 0 Å². The molecule has 0 fully saturated rings. The van der Waals surface area contributed by atoms with Crippen molar-refractivity contribution in [1.29, 1.82) is 0 Å². The highest BCUT2D eigenvalue weighted by molar-refractivity contribution is 9.10. The van der Waals surface area contributed by atoms with Gasteiger partial charge in [0.1, 0.15) is 5.75 Å². The third-order valence-corrected chi connectivity index (χ3v) is 5.29. The van der Waals surface area contributed by atoms with Gasteiger partial charge in [0.25, 0.3) is 5.91 Å². The number of ether oxygens (including phenoxy) is 1. The van der Waals surface area contributed by atoms with Crippen molar-refractivity contribution in [1.82, 2.24) is 0 Å². The average molecular weight is 398 g/mol. The number of nitrogens with one attached hydrogen (secondary N) is 1. The third kappa shape index (κ3) is 5.07. The number of amides is 1. The molecule has 0 unspecified atom stereocenters. The monoisotopic (exact) mass is 397 g/mol. The Hall–Kier alpha value is -1.86. The molecule has 0 heterocycles. The normalized spacial score (nSPS) is 11.0. The molecule has 0 aliphatic carbocycles. The summed E-state index contributed by atoms with van der Waals surface area (Å²) in [4.78, 5) is 12.1. The second kappa shape index (κ2) is 7.61. The van der Waals surface area contributed by atoms with Crippen LogP contribution in [0.1, 0.15) is 6.92 Å². The maximum absolute atomic E-state index is 11.8. The molecule has 0 aromatic heterocycles. The van der Waals surface area contributed by atoms with Crippen molar-refractivity contribution in [3.8, 4) is 5.75 Å². The van der Waals surface area contributed by atoms with E-state index in [4.69, 9.17) is 4.74 Å². The third-order valence-electron chi connectivity index (χ3n) is 3.04. The van der Waals surface area contributed by atoms with Crippen molar-refractivity contribution in [3.63, 3.8) is 0 Å². The van der Waals surface area contributed by atoms with Gasteiger partial charge >= 0.3 is 0 Å². The fraction of sp³-hybridized carbons (Fsp3) is 0.188. The van der Waals surface area contributed by atoms with Gasteiger partial charge in [0.05, 0.1) is 10.6 Å². The van der Waals surface area contributed by atoms with E-state index in [1.54, 1.807) is 31.2 Å². The van der Waals surface area contributed by atoms with Gasteiger partial charge in [-0.25, -0.2) is 8.42 Å². The number of rotatable bonds is 6. The minimum atomic E-state index is -3.24. The molecule has 0 aliphatic heterocycles. The summed E-state index contributed by atoms with van der Waals surface area (Å²) in [5, 5.41) is 2.65. The number of anilines is 1. The first-order valence-corrected chi connectivity index (χ1v) is 9.36. The summed E-state index contributed by atoms with van der Waals surface area (Å²) in [5.41, 5.74) is 0.517. The van der Waals surface area contributed by atoms with Crippen molar-refractivity contribution in [2.45, 2.75) is 11.8 Å². The lowest BCUT2D eigenvalue weighted by Crippen LogP contribution is -2.20. The van der Waals surface area contributed by atoms with Crippen LogP contribution in [-0.4, -0.2) is 26.7 Å². The number of carbonyl (C=O) groups excluding carboxylic acids is 1. The zero-order valence-electron chi connectivity index (χ0n) is 12.5. The van der Waals surface area contributed by atoms with Crippen LogP contribution in [0.15, 0.2) is 57.9 Å². The van der Waals surface area contributed by atoms with E-state index in [-0.39, 0.29) is 23.2 Å². The van der Waals surface area contributed by atoms with Crippen molar-refractivity contribution in [2.24, 2.45) is 0 Å².